The first-order chi connectivity index (χ1) is 16.6. The fourth-order valence-electron chi connectivity index (χ4n) is 4.93. The summed E-state index contributed by atoms with van der Waals surface area (Å²) < 4.78 is 38.2. The van der Waals surface area contributed by atoms with Crippen LogP contribution < -0.4 is 15.4 Å². The average Bonchev–Trinajstić information content (AvgIpc) is 3.31. The first-order valence-corrected chi connectivity index (χ1v) is 11.6. The van der Waals surface area contributed by atoms with Crippen molar-refractivity contribution in [3.63, 3.8) is 0 Å². The van der Waals surface area contributed by atoms with E-state index < -0.39 is 22.7 Å². The lowest BCUT2D eigenvalue weighted by Crippen LogP contribution is -2.89. The van der Waals surface area contributed by atoms with E-state index in [1.165, 1.54) is 30.3 Å². The predicted octanol–water partition coefficient (Wildman–Crippen LogP) is 5.38. The van der Waals surface area contributed by atoms with Crippen LogP contribution >= 0.6 is 23.2 Å². The summed E-state index contributed by atoms with van der Waals surface area (Å²) >= 11 is 11.4. The van der Waals surface area contributed by atoms with Crippen molar-refractivity contribution in [2.45, 2.75) is 30.8 Å². The number of amides is 2. The van der Waals surface area contributed by atoms with Gasteiger partial charge in [-0.15, -0.1) is 0 Å². The first kappa shape index (κ1) is 23.6. The van der Waals surface area contributed by atoms with E-state index in [-0.39, 0.29) is 45.9 Å². The number of benzene rings is 2. The molecule has 2 amide bonds. The molecule has 10 heteroatoms. The summed E-state index contributed by atoms with van der Waals surface area (Å²) in [6.07, 6.45) is 1.15. The highest BCUT2D eigenvalue weighted by Crippen LogP contribution is 2.64. The van der Waals surface area contributed by atoms with Gasteiger partial charge in [-0.25, -0.2) is 8.78 Å². The molecule has 0 saturated heterocycles. The fourth-order valence-corrected chi connectivity index (χ4v) is 5.16. The van der Waals surface area contributed by atoms with Crippen LogP contribution in [0.25, 0.3) is 11.3 Å². The number of ether oxygens (including phenoxy) is 1. The van der Waals surface area contributed by atoms with Gasteiger partial charge in [0.1, 0.15) is 23.1 Å². The molecule has 35 heavy (non-hydrogen) atoms. The number of hydrogen-bond acceptors (Lipinski definition) is 4. The van der Waals surface area contributed by atoms with Crippen molar-refractivity contribution in [3.8, 4) is 17.1 Å². The van der Waals surface area contributed by atoms with Gasteiger partial charge in [0.15, 0.2) is 12.4 Å². The maximum atomic E-state index is 13.7. The van der Waals surface area contributed by atoms with Gasteiger partial charge >= 0.3 is 0 Å². The molecule has 0 aliphatic heterocycles. The van der Waals surface area contributed by atoms with E-state index in [0.717, 1.165) is 6.07 Å². The largest absolute Gasteiger partial charge is 0.484 e. The quantitative estimate of drug-likeness (QED) is 0.438. The Morgan fingerprint density at radius 2 is 1.66 bits per heavy atom. The third-order valence-electron chi connectivity index (χ3n) is 6.97. The predicted molar refractivity (Wildman–Crippen MR) is 125 cm³/mol. The van der Waals surface area contributed by atoms with Gasteiger partial charge in [0.05, 0.1) is 10.0 Å². The second-order valence-electron chi connectivity index (χ2n) is 9.05. The summed E-state index contributed by atoms with van der Waals surface area (Å²) in [5.74, 6) is -1.27. The fraction of sp³-hybridized carbons (Fsp3) is 0.280. The summed E-state index contributed by atoms with van der Waals surface area (Å²) in [7, 11) is 0. The van der Waals surface area contributed by atoms with E-state index in [9.17, 15) is 18.4 Å². The maximum Gasteiger partial charge on any atom is 0.287 e. The Hall–Kier alpha value is -3.10. The molecule has 3 aliphatic rings. The second-order valence-corrected chi connectivity index (χ2v) is 9.86. The van der Waals surface area contributed by atoms with Crippen molar-refractivity contribution in [2.75, 3.05) is 6.61 Å². The number of halogens is 4. The van der Waals surface area contributed by atoms with E-state index in [0.29, 0.717) is 24.2 Å². The minimum atomic E-state index is -0.626. The molecule has 2 N–H and O–H groups in total. The molecular weight excluding hydrogens is 501 g/mol. The van der Waals surface area contributed by atoms with Crippen molar-refractivity contribution in [1.82, 2.24) is 10.6 Å². The molecular formula is C25H20Cl2F2N2O4. The Labute approximate surface area is 209 Å². The Balaban J connectivity index is 1.15. The summed E-state index contributed by atoms with van der Waals surface area (Å²) in [5, 5.41) is 5.96. The van der Waals surface area contributed by atoms with Gasteiger partial charge in [-0.05, 0) is 55.3 Å². The van der Waals surface area contributed by atoms with Crippen molar-refractivity contribution in [1.29, 1.82) is 0 Å². The van der Waals surface area contributed by atoms with E-state index >= 15 is 0 Å². The molecule has 1 atom stereocenters. The first-order valence-electron chi connectivity index (χ1n) is 10.9. The van der Waals surface area contributed by atoms with Gasteiger partial charge in [-0.3, -0.25) is 9.59 Å². The Kier molecular flexibility index (Phi) is 5.76. The zero-order valence-electron chi connectivity index (χ0n) is 18.5. The zero-order valence-corrected chi connectivity index (χ0v) is 20.0. The third kappa shape index (κ3) is 4.15. The molecule has 3 fully saturated rings. The SMILES string of the molecule is C[C@@H]1C2(NC(=O)COc3ccc(Cl)c(F)c3)CC1(NC(=O)c1ccc(-c3ccc(Cl)c(F)c3)o1)C2. The van der Waals surface area contributed by atoms with Crippen molar-refractivity contribution in [2.24, 2.45) is 5.92 Å². The molecule has 2 aromatic carbocycles. The normalized spacial score (nSPS) is 24.2. The van der Waals surface area contributed by atoms with Gasteiger partial charge in [0.25, 0.3) is 11.8 Å². The molecule has 6 rings (SSSR count). The smallest absolute Gasteiger partial charge is 0.287 e. The minimum Gasteiger partial charge on any atom is -0.484 e. The van der Waals surface area contributed by atoms with Crippen LogP contribution in [0.5, 0.6) is 5.75 Å². The van der Waals surface area contributed by atoms with Crippen LogP contribution in [0.4, 0.5) is 8.78 Å². The third-order valence-corrected chi connectivity index (χ3v) is 7.58. The Bertz CT molecular complexity index is 1340. The molecule has 0 spiro atoms. The number of carbonyl (C=O) groups excluding carboxylic acids is 2. The van der Waals surface area contributed by atoms with E-state index in [2.05, 4.69) is 10.6 Å². The van der Waals surface area contributed by atoms with Crippen LogP contribution in [0, 0.1) is 17.6 Å². The van der Waals surface area contributed by atoms with Crippen LogP contribution in [0.1, 0.15) is 30.3 Å². The summed E-state index contributed by atoms with van der Waals surface area (Å²) in [6.45, 7) is 1.68. The molecule has 0 unspecified atom stereocenters. The lowest BCUT2D eigenvalue weighted by Gasteiger charge is -2.75. The Morgan fingerprint density at radius 1 is 1.00 bits per heavy atom. The molecule has 3 saturated carbocycles. The lowest BCUT2D eigenvalue weighted by atomic mass is 9.37. The van der Waals surface area contributed by atoms with E-state index in [1.54, 1.807) is 12.1 Å². The highest BCUT2D eigenvalue weighted by Gasteiger charge is 2.75. The number of nitrogens with one attached hydrogen (secondary N) is 2. The molecule has 2 bridgehead atoms. The van der Waals surface area contributed by atoms with Gasteiger partial charge in [-0.1, -0.05) is 30.1 Å². The lowest BCUT2D eigenvalue weighted by molar-refractivity contribution is -0.174. The van der Waals surface area contributed by atoms with Crippen LogP contribution in [-0.4, -0.2) is 29.5 Å². The molecule has 3 aromatic rings. The van der Waals surface area contributed by atoms with Crippen LogP contribution in [0.2, 0.25) is 10.0 Å². The summed E-state index contributed by atoms with van der Waals surface area (Å²) in [6, 6.07) is 11.4. The number of hydrogen-bond donors (Lipinski definition) is 2. The number of furan rings is 1. The minimum absolute atomic E-state index is 0.00217. The maximum absolute atomic E-state index is 13.7. The van der Waals surface area contributed by atoms with Gasteiger partial charge in [0.2, 0.25) is 0 Å². The molecule has 182 valence electrons. The van der Waals surface area contributed by atoms with Gasteiger partial charge in [0, 0.05) is 28.6 Å². The van der Waals surface area contributed by atoms with Gasteiger partial charge in [-0.2, -0.15) is 0 Å². The van der Waals surface area contributed by atoms with Crippen LogP contribution in [0.3, 0.4) is 0 Å². The average molecular weight is 521 g/mol. The standard InChI is InChI=1S/C25H20Cl2F2N2O4/c1-13-24(30-22(32)10-34-15-3-5-17(27)19(29)9-15)11-25(13,12-24)31-23(33)21-7-6-20(35-21)14-2-4-16(26)18(28)8-14/h2-9,13H,10-12H2,1H3,(H,30,32)(H,31,33)/t13-,24?,25?/m1/s1. The van der Waals surface area contributed by atoms with Crippen LogP contribution in [-0.2, 0) is 4.79 Å². The Morgan fingerprint density at radius 3 is 2.31 bits per heavy atom. The number of rotatable bonds is 7. The molecule has 6 nitrogen and oxygen atoms in total. The summed E-state index contributed by atoms with van der Waals surface area (Å²) in [4.78, 5) is 25.2. The highest BCUT2D eigenvalue weighted by molar-refractivity contribution is 6.31. The van der Waals surface area contributed by atoms with Crippen molar-refractivity contribution in [3.05, 3.63) is 76.0 Å². The topological polar surface area (TPSA) is 80.6 Å². The highest BCUT2D eigenvalue weighted by atomic mass is 35.5. The van der Waals surface area contributed by atoms with Crippen molar-refractivity contribution < 1.29 is 27.5 Å². The van der Waals surface area contributed by atoms with Gasteiger partial charge < -0.3 is 19.8 Å². The summed E-state index contributed by atoms with van der Waals surface area (Å²) in [5.41, 5.74) is -0.395. The number of carbonyl (C=O) groups is 2. The zero-order chi connectivity index (χ0) is 25.0. The van der Waals surface area contributed by atoms with E-state index in [4.69, 9.17) is 32.4 Å². The van der Waals surface area contributed by atoms with E-state index in [1.807, 2.05) is 6.92 Å². The molecule has 3 aliphatic carbocycles. The van der Waals surface area contributed by atoms with Crippen LogP contribution in [0.15, 0.2) is 52.9 Å². The monoisotopic (exact) mass is 520 g/mol. The molecule has 1 heterocycles. The van der Waals surface area contributed by atoms with Crippen molar-refractivity contribution >= 4 is 35.0 Å². The second kappa shape index (κ2) is 8.53. The molecule has 0 radical (unpaired) electrons. The molecule has 1 aromatic heterocycles.